The van der Waals surface area contributed by atoms with E-state index in [1.165, 1.54) is 17.3 Å². The van der Waals surface area contributed by atoms with Gasteiger partial charge >= 0.3 is 0 Å². The Hall–Kier alpha value is -3.81. The van der Waals surface area contributed by atoms with E-state index in [4.69, 9.17) is 14.5 Å². The van der Waals surface area contributed by atoms with Crippen LogP contribution in [-0.4, -0.2) is 29.6 Å². The third kappa shape index (κ3) is 6.99. The standard InChI is InChI=1S/C32H27BrN2O3S/c1-37-29-20-25(14-17-28(29)38-22-24-12-15-26(33)16-13-24)21-30-31(36)35(19-18-23-8-4-2-5-9-23)32(39-30)34-27-10-6-3-7-11-27/h2-17,20-21H,18-19,22H2,1H3/b30-21+,34-32?. The molecule has 0 bridgehead atoms. The van der Waals surface area contributed by atoms with E-state index in [0.717, 1.165) is 27.7 Å². The van der Waals surface area contributed by atoms with Crippen molar-refractivity contribution in [1.29, 1.82) is 0 Å². The van der Waals surface area contributed by atoms with E-state index in [9.17, 15) is 4.79 Å². The molecule has 1 aliphatic rings. The molecule has 196 valence electrons. The van der Waals surface area contributed by atoms with Crippen molar-refractivity contribution in [2.75, 3.05) is 13.7 Å². The summed E-state index contributed by atoms with van der Waals surface area (Å²) in [5.74, 6) is 1.19. The zero-order valence-electron chi connectivity index (χ0n) is 21.4. The minimum Gasteiger partial charge on any atom is -0.493 e. The lowest BCUT2D eigenvalue weighted by atomic mass is 10.1. The van der Waals surface area contributed by atoms with Crippen LogP contribution >= 0.6 is 27.7 Å². The van der Waals surface area contributed by atoms with Crippen molar-refractivity contribution in [3.8, 4) is 11.5 Å². The van der Waals surface area contributed by atoms with Crippen LogP contribution in [0.4, 0.5) is 5.69 Å². The number of methoxy groups -OCH3 is 1. The fraction of sp³-hybridized carbons (Fsp3) is 0.125. The molecular formula is C32H27BrN2O3S. The number of halogens is 1. The van der Waals surface area contributed by atoms with Gasteiger partial charge in [-0.1, -0.05) is 82.7 Å². The molecule has 5 rings (SSSR count). The number of ether oxygens (including phenoxy) is 2. The van der Waals surface area contributed by atoms with Crippen molar-refractivity contribution in [3.63, 3.8) is 0 Å². The molecule has 0 atom stereocenters. The van der Waals surface area contributed by atoms with Crippen LogP contribution in [-0.2, 0) is 17.8 Å². The average molecular weight is 600 g/mol. The molecule has 39 heavy (non-hydrogen) atoms. The molecule has 0 saturated carbocycles. The van der Waals surface area contributed by atoms with Crippen molar-refractivity contribution in [2.24, 2.45) is 4.99 Å². The summed E-state index contributed by atoms with van der Waals surface area (Å²) >= 11 is 4.84. The second-order valence-corrected chi connectivity index (χ2v) is 10.8. The van der Waals surface area contributed by atoms with Crippen LogP contribution in [0.2, 0.25) is 0 Å². The molecule has 4 aromatic rings. The highest BCUT2D eigenvalue weighted by atomic mass is 79.9. The molecule has 0 N–H and O–H groups in total. The maximum atomic E-state index is 13.5. The van der Waals surface area contributed by atoms with Crippen molar-refractivity contribution in [3.05, 3.63) is 129 Å². The van der Waals surface area contributed by atoms with E-state index in [0.29, 0.717) is 34.7 Å². The molecule has 1 saturated heterocycles. The molecule has 0 aliphatic carbocycles. The Labute approximate surface area is 241 Å². The van der Waals surface area contributed by atoms with Crippen LogP contribution in [0.15, 0.2) is 117 Å². The van der Waals surface area contributed by atoms with Crippen LogP contribution in [0.1, 0.15) is 16.7 Å². The zero-order chi connectivity index (χ0) is 27.0. The summed E-state index contributed by atoms with van der Waals surface area (Å²) in [6.07, 6.45) is 2.63. The number of nitrogens with zero attached hydrogens (tertiary/aromatic N) is 2. The number of amides is 1. The first-order valence-electron chi connectivity index (χ1n) is 12.5. The smallest absolute Gasteiger partial charge is 0.266 e. The Bertz CT molecular complexity index is 1490. The van der Waals surface area contributed by atoms with Gasteiger partial charge in [-0.05, 0) is 77.3 Å². The van der Waals surface area contributed by atoms with Gasteiger partial charge < -0.3 is 9.47 Å². The highest BCUT2D eigenvalue weighted by molar-refractivity contribution is 9.10. The Morgan fingerprint density at radius 2 is 1.59 bits per heavy atom. The van der Waals surface area contributed by atoms with Gasteiger partial charge in [-0.15, -0.1) is 0 Å². The van der Waals surface area contributed by atoms with Crippen LogP contribution < -0.4 is 9.47 Å². The van der Waals surface area contributed by atoms with Crippen molar-refractivity contribution >= 4 is 50.5 Å². The number of para-hydroxylation sites is 1. The van der Waals surface area contributed by atoms with Gasteiger partial charge in [0.2, 0.25) is 0 Å². The number of benzene rings is 4. The minimum absolute atomic E-state index is 0.0554. The maximum Gasteiger partial charge on any atom is 0.266 e. The predicted octanol–water partition coefficient (Wildman–Crippen LogP) is 7.88. The highest BCUT2D eigenvalue weighted by Crippen LogP contribution is 2.36. The van der Waals surface area contributed by atoms with Gasteiger partial charge in [0.1, 0.15) is 6.61 Å². The highest BCUT2D eigenvalue weighted by Gasteiger charge is 2.33. The number of thioether (sulfide) groups is 1. The van der Waals surface area contributed by atoms with E-state index in [2.05, 4.69) is 28.1 Å². The summed E-state index contributed by atoms with van der Waals surface area (Å²) in [6, 6.07) is 33.6. The first-order chi connectivity index (χ1) is 19.1. The molecule has 1 amide bonds. The topological polar surface area (TPSA) is 51.1 Å². The lowest BCUT2D eigenvalue weighted by Gasteiger charge is -2.15. The van der Waals surface area contributed by atoms with E-state index >= 15 is 0 Å². The predicted molar refractivity (Wildman–Crippen MR) is 162 cm³/mol. The van der Waals surface area contributed by atoms with Crippen LogP contribution in [0.5, 0.6) is 11.5 Å². The van der Waals surface area contributed by atoms with Crippen LogP contribution in [0.25, 0.3) is 6.08 Å². The monoisotopic (exact) mass is 598 g/mol. The normalized spacial score (nSPS) is 15.2. The van der Waals surface area contributed by atoms with Gasteiger partial charge in [-0.25, -0.2) is 4.99 Å². The molecule has 0 unspecified atom stereocenters. The van der Waals surface area contributed by atoms with Crippen molar-refractivity contribution in [2.45, 2.75) is 13.0 Å². The molecule has 4 aromatic carbocycles. The average Bonchev–Trinajstić information content (AvgIpc) is 3.26. The lowest BCUT2D eigenvalue weighted by Crippen LogP contribution is -2.31. The summed E-state index contributed by atoms with van der Waals surface area (Å²) in [6.45, 7) is 0.971. The second-order valence-electron chi connectivity index (χ2n) is 8.86. The minimum atomic E-state index is -0.0554. The third-order valence-corrected chi connectivity index (χ3v) is 7.66. The Morgan fingerprint density at radius 1 is 0.872 bits per heavy atom. The number of hydrogen-bond donors (Lipinski definition) is 0. The number of hydrogen-bond acceptors (Lipinski definition) is 5. The number of rotatable bonds is 9. The fourth-order valence-electron chi connectivity index (χ4n) is 4.07. The summed E-state index contributed by atoms with van der Waals surface area (Å²) in [5, 5.41) is 0.676. The summed E-state index contributed by atoms with van der Waals surface area (Å²) in [4.78, 5) is 20.7. The molecule has 1 fully saturated rings. The van der Waals surface area contributed by atoms with Gasteiger partial charge in [0.25, 0.3) is 5.91 Å². The molecular weight excluding hydrogens is 572 g/mol. The maximum absolute atomic E-state index is 13.5. The van der Waals surface area contributed by atoms with E-state index in [1.54, 1.807) is 12.0 Å². The molecule has 0 radical (unpaired) electrons. The third-order valence-electron chi connectivity index (χ3n) is 6.13. The molecule has 1 aliphatic heterocycles. The Morgan fingerprint density at radius 3 is 2.31 bits per heavy atom. The van der Waals surface area contributed by atoms with Crippen LogP contribution in [0, 0.1) is 0 Å². The number of carbonyl (C=O) groups is 1. The summed E-state index contributed by atoms with van der Waals surface area (Å²) < 4.78 is 12.6. The van der Waals surface area contributed by atoms with Gasteiger partial charge in [-0.2, -0.15) is 0 Å². The summed E-state index contributed by atoms with van der Waals surface area (Å²) in [5.41, 5.74) is 3.89. The molecule has 5 nitrogen and oxygen atoms in total. The molecule has 0 aromatic heterocycles. The molecule has 0 spiro atoms. The van der Waals surface area contributed by atoms with Gasteiger partial charge in [0.05, 0.1) is 17.7 Å². The first-order valence-corrected chi connectivity index (χ1v) is 14.1. The number of aliphatic imine (C=N–C) groups is 1. The zero-order valence-corrected chi connectivity index (χ0v) is 23.8. The number of carbonyl (C=O) groups excluding carboxylic acids is 1. The lowest BCUT2D eigenvalue weighted by molar-refractivity contribution is -0.122. The first kappa shape index (κ1) is 26.8. The van der Waals surface area contributed by atoms with Crippen molar-refractivity contribution in [1.82, 2.24) is 4.90 Å². The number of amidine groups is 1. The molecule has 7 heteroatoms. The van der Waals surface area contributed by atoms with Gasteiger partial charge in [0, 0.05) is 11.0 Å². The largest absolute Gasteiger partial charge is 0.493 e. The molecule has 1 heterocycles. The van der Waals surface area contributed by atoms with E-state index in [-0.39, 0.29) is 5.91 Å². The fourth-order valence-corrected chi connectivity index (χ4v) is 5.36. The summed E-state index contributed by atoms with van der Waals surface area (Å²) in [7, 11) is 1.62. The second kappa shape index (κ2) is 12.8. The Balaban J connectivity index is 1.36. The van der Waals surface area contributed by atoms with E-state index < -0.39 is 0 Å². The SMILES string of the molecule is COc1cc(/C=C2/SC(=Nc3ccccc3)N(CCc3ccccc3)C2=O)ccc1OCc1ccc(Br)cc1. The van der Waals surface area contributed by atoms with Crippen LogP contribution in [0.3, 0.4) is 0 Å². The van der Waals surface area contributed by atoms with Gasteiger partial charge in [-0.3, -0.25) is 9.69 Å². The van der Waals surface area contributed by atoms with Gasteiger partial charge in [0.15, 0.2) is 16.7 Å². The van der Waals surface area contributed by atoms with Crippen molar-refractivity contribution < 1.29 is 14.3 Å². The quantitative estimate of drug-likeness (QED) is 0.184. The Kier molecular flexibility index (Phi) is 8.81. The van der Waals surface area contributed by atoms with E-state index in [1.807, 2.05) is 97.1 Å².